The Morgan fingerprint density at radius 1 is 0.950 bits per heavy atom. The van der Waals surface area contributed by atoms with E-state index in [4.69, 9.17) is 15.6 Å². The number of ether oxygens (including phenoxy) is 1. The normalized spacial score (nSPS) is 10.6. The van der Waals surface area contributed by atoms with Gasteiger partial charge in [0.2, 0.25) is 0 Å². The molecule has 0 aliphatic carbocycles. The Bertz CT molecular complexity index is 562. The lowest BCUT2D eigenvalue weighted by Crippen LogP contribution is -2.00. The fourth-order valence-electron chi connectivity index (χ4n) is 1.76. The first-order valence-electron chi connectivity index (χ1n) is 6.13. The van der Waals surface area contributed by atoms with Crippen LogP contribution in [0.4, 0.5) is 0 Å². The molecule has 0 radical (unpaired) electrons. The number of rotatable bonds is 5. The van der Waals surface area contributed by atoms with Crippen molar-refractivity contribution in [1.29, 1.82) is 0 Å². The van der Waals surface area contributed by atoms with Crippen LogP contribution < -0.4 is 10.5 Å². The third-order valence-corrected chi connectivity index (χ3v) is 4.06. The van der Waals surface area contributed by atoms with Crippen LogP contribution >= 0.6 is 31.9 Å². The zero-order chi connectivity index (χ0) is 14.5. The van der Waals surface area contributed by atoms with Gasteiger partial charge in [-0.25, -0.2) is 0 Å². The SMILES string of the molecule is NCc1cc(Br)c(OCc2ccc(CO)cc2)c(Br)c1. The van der Waals surface area contributed by atoms with Gasteiger partial charge in [0.05, 0.1) is 15.6 Å². The molecule has 0 heterocycles. The fourth-order valence-corrected chi connectivity index (χ4v) is 3.27. The van der Waals surface area contributed by atoms with Gasteiger partial charge in [-0.1, -0.05) is 24.3 Å². The van der Waals surface area contributed by atoms with Crippen molar-refractivity contribution in [1.82, 2.24) is 0 Å². The van der Waals surface area contributed by atoms with Crippen LogP contribution in [0.1, 0.15) is 16.7 Å². The predicted molar refractivity (Wildman–Crippen MR) is 86.4 cm³/mol. The summed E-state index contributed by atoms with van der Waals surface area (Å²) in [5, 5.41) is 9.00. The Morgan fingerprint density at radius 3 is 2.00 bits per heavy atom. The van der Waals surface area contributed by atoms with Gasteiger partial charge >= 0.3 is 0 Å². The van der Waals surface area contributed by atoms with Crippen LogP contribution in [0.15, 0.2) is 45.3 Å². The zero-order valence-corrected chi connectivity index (χ0v) is 13.9. The van der Waals surface area contributed by atoms with Crippen molar-refractivity contribution in [3.05, 3.63) is 62.0 Å². The Kier molecular flexibility index (Phi) is 5.60. The first kappa shape index (κ1) is 15.5. The van der Waals surface area contributed by atoms with Crippen LogP contribution in [0, 0.1) is 0 Å². The zero-order valence-electron chi connectivity index (χ0n) is 10.8. The molecule has 5 heteroatoms. The highest BCUT2D eigenvalue weighted by molar-refractivity contribution is 9.11. The minimum atomic E-state index is 0.0543. The lowest BCUT2D eigenvalue weighted by molar-refractivity contribution is 0.281. The minimum Gasteiger partial charge on any atom is -0.487 e. The van der Waals surface area contributed by atoms with E-state index in [2.05, 4.69) is 31.9 Å². The highest BCUT2D eigenvalue weighted by Gasteiger charge is 2.09. The summed E-state index contributed by atoms with van der Waals surface area (Å²) in [6.07, 6.45) is 0. The molecule has 0 aliphatic rings. The van der Waals surface area contributed by atoms with E-state index in [0.29, 0.717) is 13.2 Å². The second-order valence-electron chi connectivity index (χ2n) is 4.36. The average molecular weight is 401 g/mol. The highest BCUT2D eigenvalue weighted by atomic mass is 79.9. The molecule has 0 aliphatic heterocycles. The van der Waals surface area contributed by atoms with E-state index in [1.54, 1.807) is 0 Å². The van der Waals surface area contributed by atoms with Crippen molar-refractivity contribution in [2.45, 2.75) is 19.8 Å². The molecule has 2 rings (SSSR count). The molecule has 0 fully saturated rings. The summed E-state index contributed by atoms with van der Waals surface area (Å²) < 4.78 is 7.58. The number of halogens is 2. The lowest BCUT2D eigenvalue weighted by Gasteiger charge is -2.12. The van der Waals surface area contributed by atoms with Gasteiger partial charge in [0.25, 0.3) is 0 Å². The van der Waals surface area contributed by atoms with E-state index >= 15 is 0 Å². The summed E-state index contributed by atoms with van der Waals surface area (Å²) in [5.74, 6) is 0.758. The number of aliphatic hydroxyl groups is 1. The third-order valence-electron chi connectivity index (χ3n) is 2.88. The van der Waals surface area contributed by atoms with Crippen LogP contribution in [0.5, 0.6) is 5.75 Å². The van der Waals surface area contributed by atoms with Crippen molar-refractivity contribution in [3.63, 3.8) is 0 Å². The summed E-state index contributed by atoms with van der Waals surface area (Å²) in [4.78, 5) is 0. The Hall–Kier alpha value is -0.880. The van der Waals surface area contributed by atoms with Crippen molar-refractivity contribution in [2.75, 3.05) is 0 Å². The molecular formula is C15H15Br2NO2. The molecule has 3 N–H and O–H groups in total. The summed E-state index contributed by atoms with van der Waals surface area (Å²) in [5.41, 5.74) is 8.60. The second-order valence-corrected chi connectivity index (χ2v) is 6.06. The number of nitrogens with two attached hydrogens (primary N) is 1. The van der Waals surface area contributed by atoms with Crippen LogP contribution in [0.3, 0.4) is 0 Å². The van der Waals surface area contributed by atoms with E-state index in [1.165, 1.54) is 0 Å². The van der Waals surface area contributed by atoms with Crippen molar-refractivity contribution < 1.29 is 9.84 Å². The molecule has 0 saturated carbocycles. The molecule has 2 aromatic rings. The first-order valence-corrected chi connectivity index (χ1v) is 7.72. The molecule has 2 aromatic carbocycles. The Balaban J connectivity index is 2.10. The smallest absolute Gasteiger partial charge is 0.148 e. The molecule has 20 heavy (non-hydrogen) atoms. The van der Waals surface area contributed by atoms with Crippen molar-refractivity contribution in [2.24, 2.45) is 5.73 Å². The average Bonchev–Trinajstić information content (AvgIpc) is 2.46. The van der Waals surface area contributed by atoms with Crippen molar-refractivity contribution >= 4 is 31.9 Å². The first-order chi connectivity index (χ1) is 9.63. The molecule has 3 nitrogen and oxygen atoms in total. The van der Waals surface area contributed by atoms with Gasteiger partial charge in [0, 0.05) is 6.54 Å². The maximum absolute atomic E-state index is 9.00. The predicted octanol–water partition coefficient (Wildman–Crippen LogP) is 3.74. The molecule has 0 saturated heterocycles. The second kappa shape index (κ2) is 7.22. The molecule has 0 unspecified atom stereocenters. The number of hydrogen-bond acceptors (Lipinski definition) is 3. The van der Waals surface area contributed by atoms with Gasteiger partial charge in [-0.05, 0) is 60.7 Å². The Morgan fingerprint density at radius 2 is 1.50 bits per heavy atom. The summed E-state index contributed by atoms with van der Waals surface area (Å²) in [6.45, 7) is 1.00. The molecule has 0 aromatic heterocycles. The molecule has 106 valence electrons. The highest BCUT2D eigenvalue weighted by Crippen LogP contribution is 2.35. The van der Waals surface area contributed by atoms with Crippen LogP contribution in [0.25, 0.3) is 0 Å². The number of aliphatic hydroxyl groups excluding tert-OH is 1. The van der Waals surface area contributed by atoms with E-state index in [1.807, 2.05) is 36.4 Å². The van der Waals surface area contributed by atoms with Crippen LogP contribution in [0.2, 0.25) is 0 Å². The van der Waals surface area contributed by atoms with Gasteiger partial charge in [0.15, 0.2) is 0 Å². The van der Waals surface area contributed by atoms with E-state index in [0.717, 1.165) is 31.4 Å². The van der Waals surface area contributed by atoms with E-state index < -0.39 is 0 Å². The Labute approximate surface area is 135 Å². The monoisotopic (exact) mass is 399 g/mol. The molecule has 0 atom stereocenters. The molecule has 0 amide bonds. The summed E-state index contributed by atoms with van der Waals surface area (Å²) in [7, 11) is 0. The standard InChI is InChI=1S/C15H15Br2NO2/c16-13-5-12(7-18)6-14(17)15(13)20-9-11-3-1-10(8-19)2-4-11/h1-6,19H,7-9,18H2. The lowest BCUT2D eigenvalue weighted by atomic mass is 10.1. The van der Waals surface area contributed by atoms with Crippen LogP contribution in [-0.2, 0) is 19.8 Å². The summed E-state index contributed by atoms with van der Waals surface area (Å²) >= 11 is 6.98. The van der Waals surface area contributed by atoms with Gasteiger partial charge in [-0.2, -0.15) is 0 Å². The fraction of sp³-hybridized carbons (Fsp3) is 0.200. The number of benzene rings is 2. The van der Waals surface area contributed by atoms with E-state index in [9.17, 15) is 0 Å². The van der Waals surface area contributed by atoms with Crippen molar-refractivity contribution in [3.8, 4) is 5.75 Å². The maximum atomic E-state index is 9.00. The minimum absolute atomic E-state index is 0.0543. The van der Waals surface area contributed by atoms with Gasteiger partial charge in [-0.3, -0.25) is 0 Å². The molecule has 0 spiro atoms. The van der Waals surface area contributed by atoms with E-state index in [-0.39, 0.29) is 6.61 Å². The largest absolute Gasteiger partial charge is 0.487 e. The maximum Gasteiger partial charge on any atom is 0.148 e. The third kappa shape index (κ3) is 3.82. The topological polar surface area (TPSA) is 55.5 Å². The number of hydrogen-bond donors (Lipinski definition) is 2. The van der Waals surface area contributed by atoms with Crippen LogP contribution in [-0.4, -0.2) is 5.11 Å². The molecule has 0 bridgehead atoms. The van der Waals surface area contributed by atoms with Gasteiger partial charge in [0.1, 0.15) is 12.4 Å². The molecular weight excluding hydrogens is 386 g/mol. The quantitative estimate of drug-likeness (QED) is 0.803. The summed E-state index contributed by atoms with van der Waals surface area (Å²) in [6, 6.07) is 11.6. The van der Waals surface area contributed by atoms with Gasteiger partial charge in [-0.15, -0.1) is 0 Å². The van der Waals surface area contributed by atoms with Gasteiger partial charge < -0.3 is 15.6 Å².